The van der Waals surface area contributed by atoms with E-state index < -0.39 is 37.0 Å². The number of aromatic nitrogens is 3. The third-order valence-corrected chi connectivity index (χ3v) is 3.38. The first-order valence-corrected chi connectivity index (χ1v) is 5.93. The van der Waals surface area contributed by atoms with Gasteiger partial charge in [-0.05, 0) is 0 Å². The summed E-state index contributed by atoms with van der Waals surface area (Å²) < 4.78 is 20.5. The van der Waals surface area contributed by atoms with Gasteiger partial charge in [0, 0.05) is 6.20 Å². The van der Waals surface area contributed by atoms with Gasteiger partial charge in [0.25, 0.3) is 0 Å². The molecule has 0 radical (unpaired) electrons. The van der Waals surface area contributed by atoms with Crippen LogP contribution in [0.15, 0.2) is 12.5 Å². The molecule has 20 heavy (non-hydrogen) atoms. The maximum atomic E-state index is 13.9. The number of aliphatic hydroxyl groups is 3. The minimum atomic E-state index is -1.32. The summed E-state index contributed by atoms with van der Waals surface area (Å²) in [5.74, 6) is -0.686. The Morgan fingerprint density at radius 1 is 1.35 bits per heavy atom. The fraction of sp³-hybridized carbons (Fsp3) is 0.455. The molecule has 8 nitrogen and oxygen atoms in total. The molecule has 2 aromatic rings. The Labute approximate surface area is 112 Å². The van der Waals surface area contributed by atoms with Gasteiger partial charge in [0.1, 0.15) is 30.5 Å². The number of ether oxygens (including phenoxy) is 1. The van der Waals surface area contributed by atoms with Crippen molar-refractivity contribution in [2.24, 2.45) is 0 Å². The van der Waals surface area contributed by atoms with Gasteiger partial charge in [-0.3, -0.25) is 0 Å². The van der Waals surface area contributed by atoms with E-state index in [9.17, 15) is 14.6 Å². The molecule has 1 aliphatic heterocycles. The molecule has 0 saturated carbocycles. The van der Waals surface area contributed by atoms with Crippen LogP contribution in [0.1, 0.15) is 6.23 Å². The highest BCUT2D eigenvalue weighted by Crippen LogP contribution is 2.33. The highest BCUT2D eigenvalue weighted by atomic mass is 19.1. The molecule has 1 aliphatic rings. The first-order valence-electron chi connectivity index (χ1n) is 5.93. The minimum Gasteiger partial charge on any atom is -0.394 e. The highest BCUT2D eigenvalue weighted by Gasteiger charge is 2.44. The van der Waals surface area contributed by atoms with Crippen LogP contribution in [0.5, 0.6) is 0 Å². The number of nitrogens with zero attached hydrogens (tertiary/aromatic N) is 3. The predicted molar refractivity (Wildman–Crippen MR) is 64.9 cm³/mol. The van der Waals surface area contributed by atoms with Crippen LogP contribution < -0.4 is 5.73 Å². The molecule has 108 valence electrons. The molecule has 0 aliphatic carbocycles. The molecule has 0 aromatic carbocycles. The molecule has 1 unspecified atom stereocenters. The number of fused-ring (bicyclic) bond motifs is 1. The van der Waals surface area contributed by atoms with Crippen LogP contribution in [0.2, 0.25) is 0 Å². The molecule has 3 rings (SSSR count). The zero-order valence-electron chi connectivity index (χ0n) is 10.2. The SMILES string of the molecule is Nc1ncnc2c1c(F)cn2C1O[C@H](CO)[C@H](O)[C@H]1O. The van der Waals surface area contributed by atoms with Crippen LogP contribution in [0.4, 0.5) is 10.2 Å². The number of halogens is 1. The van der Waals surface area contributed by atoms with Crippen molar-refractivity contribution in [3.63, 3.8) is 0 Å². The van der Waals surface area contributed by atoms with E-state index in [-0.39, 0.29) is 16.9 Å². The summed E-state index contributed by atoms with van der Waals surface area (Å²) in [6.45, 7) is -0.465. The van der Waals surface area contributed by atoms with E-state index in [2.05, 4.69) is 9.97 Å². The Balaban J connectivity index is 2.10. The molecule has 9 heteroatoms. The van der Waals surface area contributed by atoms with E-state index in [1.54, 1.807) is 0 Å². The normalized spacial score (nSPS) is 30.2. The Kier molecular flexibility index (Phi) is 3.05. The van der Waals surface area contributed by atoms with Crippen LogP contribution in [-0.4, -0.2) is 54.8 Å². The summed E-state index contributed by atoms with van der Waals surface area (Å²) in [5.41, 5.74) is 5.73. The van der Waals surface area contributed by atoms with Gasteiger partial charge in [-0.15, -0.1) is 0 Å². The maximum absolute atomic E-state index is 13.9. The number of hydrogen-bond donors (Lipinski definition) is 4. The van der Waals surface area contributed by atoms with Gasteiger partial charge in [0.15, 0.2) is 17.7 Å². The lowest BCUT2D eigenvalue weighted by Crippen LogP contribution is -2.33. The van der Waals surface area contributed by atoms with Gasteiger partial charge in [-0.25, -0.2) is 14.4 Å². The first kappa shape index (κ1) is 13.2. The molecular weight excluding hydrogens is 271 g/mol. The number of rotatable bonds is 2. The quantitative estimate of drug-likeness (QED) is 0.543. The number of hydrogen-bond acceptors (Lipinski definition) is 7. The Hall–Kier alpha value is -1.81. The zero-order chi connectivity index (χ0) is 14.4. The van der Waals surface area contributed by atoms with E-state index in [4.69, 9.17) is 15.6 Å². The van der Waals surface area contributed by atoms with Crippen molar-refractivity contribution in [2.45, 2.75) is 24.5 Å². The second kappa shape index (κ2) is 4.63. The fourth-order valence-electron chi connectivity index (χ4n) is 2.37. The standard InChI is InChI=1S/C11H13FN4O4/c12-4-1-16(10-6(4)9(13)14-3-15-10)11-8(19)7(18)5(2-17)20-11/h1,3,5,7-8,11,17-19H,2H2,(H2,13,14,15)/t5-,7+,8-,11?/m1/s1. The third kappa shape index (κ3) is 1.75. The summed E-state index contributed by atoms with van der Waals surface area (Å²) >= 11 is 0. The van der Waals surface area contributed by atoms with Gasteiger partial charge >= 0.3 is 0 Å². The maximum Gasteiger partial charge on any atom is 0.164 e. The number of aliphatic hydroxyl groups excluding tert-OH is 3. The van der Waals surface area contributed by atoms with Crippen LogP contribution in [0.25, 0.3) is 11.0 Å². The topological polar surface area (TPSA) is 127 Å². The molecule has 5 N–H and O–H groups in total. The summed E-state index contributed by atoms with van der Waals surface area (Å²) in [6, 6.07) is 0. The molecule has 0 spiro atoms. The van der Waals surface area contributed by atoms with Gasteiger partial charge in [0.05, 0.1) is 12.0 Å². The van der Waals surface area contributed by atoms with E-state index in [0.717, 1.165) is 12.5 Å². The van der Waals surface area contributed by atoms with Gasteiger partial charge in [0.2, 0.25) is 0 Å². The monoisotopic (exact) mass is 284 g/mol. The Morgan fingerprint density at radius 2 is 2.10 bits per heavy atom. The largest absolute Gasteiger partial charge is 0.394 e. The predicted octanol–water partition coefficient (Wildman–Crippen LogP) is -1.24. The second-order valence-corrected chi connectivity index (χ2v) is 4.57. The summed E-state index contributed by atoms with van der Waals surface area (Å²) in [5, 5.41) is 28.7. The van der Waals surface area contributed by atoms with Crippen molar-refractivity contribution >= 4 is 16.9 Å². The van der Waals surface area contributed by atoms with Crippen molar-refractivity contribution in [1.29, 1.82) is 0 Å². The molecule has 3 heterocycles. The molecule has 1 fully saturated rings. The summed E-state index contributed by atoms with van der Waals surface area (Å²) in [4.78, 5) is 7.61. The van der Waals surface area contributed by atoms with Crippen molar-refractivity contribution in [3.05, 3.63) is 18.3 Å². The second-order valence-electron chi connectivity index (χ2n) is 4.57. The first-order chi connectivity index (χ1) is 9.54. The fourth-order valence-corrected chi connectivity index (χ4v) is 2.37. The molecule has 1 saturated heterocycles. The molecule has 0 amide bonds. The van der Waals surface area contributed by atoms with E-state index in [1.807, 2.05) is 0 Å². The lowest BCUT2D eigenvalue weighted by molar-refractivity contribution is -0.0510. The van der Waals surface area contributed by atoms with Crippen molar-refractivity contribution in [1.82, 2.24) is 14.5 Å². The van der Waals surface area contributed by atoms with E-state index in [0.29, 0.717) is 0 Å². The average molecular weight is 284 g/mol. The summed E-state index contributed by atoms with van der Waals surface area (Å²) in [7, 11) is 0. The number of nitrogens with two attached hydrogens (primary N) is 1. The van der Waals surface area contributed by atoms with Crippen LogP contribution in [-0.2, 0) is 4.74 Å². The van der Waals surface area contributed by atoms with Crippen LogP contribution in [0.3, 0.4) is 0 Å². The van der Waals surface area contributed by atoms with Crippen LogP contribution >= 0.6 is 0 Å². The average Bonchev–Trinajstić information content (AvgIpc) is 2.90. The molecule has 4 atom stereocenters. The number of nitrogen functional groups attached to an aromatic ring is 1. The molecule has 0 bridgehead atoms. The number of anilines is 1. The van der Waals surface area contributed by atoms with Crippen LogP contribution in [0, 0.1) is 5.82 Å². The van der Waals surface area contributed by atoms with Crippen molar-refractivity contribution in [3.8, 4) is 0 Å². The minimum absolute atomic E-state index is 0.0187. The third-order valence-electron chi connectivity index (χ3n) is 3.38. The van der Waals surface area contributed by atoms with Gasteiger partial charge in [-0.2, -0.15) is 0 Å². The van der Waals surface area contributed by atoms with Gasteiger partial charge < -0.3 is 30.4 Å². The Bertz CT molecular complexity index is 649. The Morgan fingerprint density at radius 3 is 2.75 bits per heavy atom. The van der Waals surface area contributed by atoms with Gasteiger partial charge in [-0.1, -0.05) is 0 Å². The van der Waals surface area contributed by atoms with Crippen molar-refractivity contribution in [2.75, 3.05) is 12.3 Å². The lowest BCUT2D eigenvalue weighted by atomic mass is 10.1. The molecular formula is C11H13FN4O4. The highest BCUT2D eigenvalue weighted by molar-refractivity contribution is 5.86. The van der Waals surface area contributed by atoms with Crippen molar-refractivity contribution < 1.29 is 24.4 Å². The summed E-state index contributed by atoms with van der Waals surface area (Å²) in [6.07, 6.45) is -2.38. The van der Waals surface area contributed by atoms with E-state index >= 15 is 0 Å². The lowest BCUT2D eigenvalue weighted by Gasteiger charge is -2.16. The zero-order valence-corrected chi connectivity index (χ0v) is 10.2. The molecule has 2 aromatic heterocycles. The van der Waals surface area contributed by atoms with E-state index in [1.165, 1.54) is 4.57 Å². The smallest absolute Gasteiger partial charge is 0.164 e.